The Morgan fingerprint density at radius 1 is 1.19 bits per heavy atom. The summed E-state index contributed by atoms with van der Waals surface area (Å²) in [5.41, 5.74) is 1.03. The standard InChI is InChI=1S/C22H23BrN4O5/c1-13-4-6-15(7-5-13)12-26-20(24-16-8-9-17(23)18(10-16)32-3)25-21(30)27(22(26)31)11-14(2)19(28)29/h4-10,14H,11-12H2,1-3H3,(H,28,29)(H,24,25,30)/t14-/m0/s1. The molecule has 0 aliphatic carbocycles. The fourth-order valence-corrected chi connectivity index (χ4v) is 3.42. The second-order valence-electron chi connectivity index (χ2n) is 7.39. The minimum absolute atomic E-state index is 0.0455. The number of hydrogen-bond donors (Lipinski definition) is 2. The number of aryl methyl sites for hydroxylation is 1. The highest BCUT2D eigenvalue weighted by Crippen LogP contribution is 2.28. The van der Waals surface area contributed by atoms with Crippen LogP contribution in [0.2, 0.25) is 0 Å². The van der Waals surface area contributed by atoms with Crippen molar-refractivity contribution < 1.29 is 14.6 Å². The maximum atomic E-state index is 13.2. The Bertz CT molecular complexity index is 1320. The maximum absolute atomic E-state index is 13.2. The Labute approximate surface area is 191 Å². The molecular formula is C22H23BrN4O5. The number of carbonyl (C=O) groups is 1. The number of nitrogens with zero attached hydrogens (tertiary/aromatic N) is 3. The van der Waals surface area contributed by atoms with E-state index >= 15 is 0 Å². The third-order valence-corrected chi connectivity index (χ3v) is 5.55. The SMILES string of the molecule is COc1cc(/N=c2\[nH]c(=O)n(C[C@H](C)C(=O)O)c(=O)n2Cc2ccc(C)cc2)ccc1Br. The molecule has 0 saturated carbocycles. The molecule has 1 atom stereocenters. The van der Waals surface area contributed by atoms with Crippen LogP contribution >= 0.6 is 15.9 Å². The van der Waals surface area contributed by atoms with Gasteiger partial charge in [0.05, 0.1) is 29.7 Å². The van der Waals surface area contributed by atoms with E-state index in [1.807, 2.05) is 31.2 Å². The molecule has 2 N–H and O–H groups in total. The normalized spacial score (nSPS) is 12.6. The number of methoxy groups -OCH3 is 1. The lowest BCUT2D eigenvalue weighted by Gasteiger charge is -2.13. The Morgan fingerprint density at radius 2 is 1.88 bits per heavy atom. The number of carboxylic acid groups (broad SMARTS) is 1. The molecule has 9 nitrogen and oxygen atoms in total. The van der Waals surface area contributed by atoms with E-state index in [0.717, 1.165) is 20.2 Å². The van der Waals surface area contributed by atoms with Crippen LogP contribution in [-0.2, 0) is 17.9 Å². The van der Waals surface area contributed by atoms with Gasteiger partial charge >= 0.3 is 17.3 Å². The van der Waals surface area contributed by atoms with E-state index in [2.05, 4.69) is 25.9 Å². The first kappa shape index (κ1) is 23.3. The lowest BCUT2D eigenvalue weighted by Crippen LogP contribution is -2.51. The molecule has 0 fully saturated rings. The van der Waals surface area contributed by atoms with Crippen LogP contribution < -0.4 is 21.7 Å². The van der Waals surface area contributed by atoms with Crippen molar-refractivity contribution in [1.29, 1.82) is 0 Å². The van der Waals surface area contributed by atoms with E-state index < -0.39 is 23.3 Å². The molecule has 0 aliphatic heterocycles. The summed E-state index contributed by atoms with van der Waals surface area (Å²) in [7, 11) is 1.52. The van der Waals surface area contributed by atoms with Gasteiger partial charge in [0, 0.05) is 12.6 Å². The maximum Gasteiger partial charge on any atom is 0.335 e. The summed E-state index contributed by atoms with van der Waals surface area (Å²) in [4.78, 5) is 44.2. The van der Waals surface area contributed by atoms with Crippen LogP contribution in [0.4, 0.5) is 5.69 Å². The summed E-state index contributed by atoms with van der Waals surface area (Å²) in [5, 5.41) is 9.21. The number of aromatic nitrogens is 3. The second kappa shape index (κ2) is 9.82. The van der Waals surface area contributed by atoms with E-state index in [1.165, 1.54) is 18.6 Å². The number of aromatic amines is 1. The third-order valence-electron chi connectivity index (χ3n) is 4.89. The van der Waals surface area contributed by atoms with Crippen molar-refractivity contribution in [3.63, 3.8) is 0 Å². The first-order valence-corrected chi connectivity index (χ1v) is 10.6. The summed E-state index contributed by atoms with van der Waals surface area (Å²) < 4.78 is 8.22. The minimum Gasteiger partial charge on any atom is -0.495 e. The Morgan fingerprint density at radius 3 is 2.50 bits per heavy atom. The zero-order chi connectivity index (χ0) is 23.4. The summed E-state index contributed by atoms with van der Waals surface area (Å²) >= 11 is 3.38. The molecule has 3 rings (SSSR count). The van der Waals surface area contributed by atoms with Crippen LogP contribution in [0.1, 0.15) is 18.1 Å². The fourth-order valence-electron chi connectivity index (χ4n) is 3.01. The fraction of sp³-hybridized carbons (Fsp3) is 0.273. The number of hydrogen-bond acceptors (Lipinski definition) is 5. The van der Waals surface area contributed by atoms with Crippen molar-refractivity contribution in [2.24, 2.45) is 10.9 Å². The van der Waals surface area contributed by atoms with E-state index in [1.54, 1.807) is 18.2 Å². The number of nitrogens with one attached hydrogen (secondary N) is 1. The molecular weight excluding hydrogens is 480 g/mol. The first-order valence-electron chi connectivity index (χ1n) is 9.80. The van der Waals surface area contributed by atoms with Crippen molar-refractivity contribution >= 4 is 27.6 Å². The Kier molecular flexibility index (Phi) is 7.14. The molecule has 32 heavy (non-hydrogen) atoms. The van der Waals surface area contributed by atoms with Crippen LogP contribution in [0.25, 0.3) is 0 Å². The summed E-state index contributed by atoms with van der Waals surface area (Å²) in [6, 6.07) is 12.7. The zero-order valence-electron chi connectivity index (χ0n) is 17.8. The smallest absolute Gasteiger partial charge is 0.335 e. The van der Waals surface area contributed by atoms with Crippen LogP contribution in [0.15, 0.2) is 61.5 Å². The van der Waals surface area contributed by atoms with Gasteiger partial charge in [-0.2, -0.15) is 0 Å². The summed E-state index contributed by atoms with van der Waals surface area (Å²) in [5.74, 6) is -1.47. The van der Waals surface area contributed by atoms with Crippen molar-refractivity contribution in [2.75, 3.05) is 7.11 Å². The average Bonchev–Trinajstić information content (AvgIpc) is 2.76. The Hall–Kier alpha value is -3.40. The van der Waals surface area contributed by atoms with Gasteiger partial charge in [-0.3, -0.25) is 14.3 Å². The van der Waals surface area contributed by atoms with Crippen LogP contribution in [0, 0.1) is 12.8 Å². The number of aliphatic carboxylic acids is 1. The van der Waals surface area contributed by atoms with Gasteiger partial charge in [0.15, 0.2) is 0 Å². The van der Waals surface area contributed by atoms with E-state index in [9.17, 15) is 19.5 Å². The molecule has 0 aliphatic rings. The lowest BCUT2D eigenvalue weighted by molar-refractivity contribution is -0.141. The van der Waals surface area contributed by atoms with Gasteiger partial charge in [-0.1, -0.05) is 36.8 Å². The molecule has 10 heteroatoms. The number of ether oxygens (including phenoxy) is 1. The summed E-state index contributed by atoms with van der Waals surface area (Å²) in [6.07, 6.45) is 0. The molecule has 3 aromatic rings. The molecule has 0 saturated heterocycles. The second-order valence-corrected chi connectivity index (χ2v) is 8.24. The largest absolute Gasteiger partial charge is 0.495 e. The van der Waals surface area contributed by atoms with Crippen LogP contribution in [-0.4, -0.2) is 32.3 Å². The molecule has 0 radical (unpaired) electrons. The molecule has 0 spiro atoms. The van der Waals surface area contributed by atoms with Crippen molar-refractivity contribution in [2.45, 2.75) is 26.9 Å². The molecule has 0 amide bonds. The van der Waals surface area contributed by atoms with E-state index in [-0.39, 0.29) is 18.7 Å². The average molecular weight is 503 g/mol. The molecule has 1 aromatic heterocycles. The van der Waals surface area contributed by atoms with Crippen LogP contribution in [0.5, 0.6) is 5.75 Å². The molecule has 0 bridgehead atoms. The third kappa shape index (κ3) is 5.25. The molecule has 1 heterocycles. The van der Waals surface area contributed by atoms with Gasteiger partial charge in [0.1, 0.15) is 5.75 Å². The zero-order valence-corrected chi connectivity index (χ0v) is 19.4. The van der Waals surface area contributed by atoms with Gasteiger partial charge < -0.3 is 9.84 Å². The number of halogens is 1. The van der Waals surface area contributed by atoms with E-state index in [0.29, 0.717) is 11.4 Å². The number of H-pyrrole nitrogens is 1. The number of benzene rings is 2. The molecule has 168 valence electrons. The quantitative estimate of drug-likeness (QED) is 0.514. The van der Waals surface area contributed by atoms with Crippen molar-refractivity contribution in [3.8, 4) is 5.75 Å². The highest BCUT2D eigenvalue weighted by molar-refractivity contribution is 9.10. The van der Waals surface area contributed by atoms with Gasteiger partial charge in [0.25, 0.3) is 0 Å². The predicted octanol–water partition coefficient (Wildman–Crippen LogP) is 2.42. The van der Waals surface area contributed by atoms with Crippen molar-refractivity contribution in [1.82, 2.24) is 14.1 Å². The van der Waals surface area contributed by atoms with Gasteiger partial charge in [-0.25, -0.2) is 19.1 Å². The number of rotatable bonds is 7. The topological polar surface area (TPSA) is 119 Å². The van der Waals surface area contributed by atoms with Gasteiger partial charge in [0.2, 0.25) is 5.62 Å². The Balaban J connectivity index is 2.21. The first-order chi connectivity index (χ1) is 15.2. The highest BCUT2D eigenvalue weighted by Gasteiger charge is 2.17. The highest BCUT2D eigenvalue weighted by atomic mass is 79.9. The van der Waals surface area contributed by atoms with Crippen molar-refractivity contribution in [3.05, 3.63) is 84.7 Å². The number of carboxylic acids is 1. The van der Waals surface area contributed by atoms with Crippen LogP contribution in [0.3, 0.4) is 0 Å². The molecule has 2 aromatic carbocycles. The minimum atomic E-state index is -1.10. The van der Waals surface area contributed by atoms with Gasteiger partial charge in [-0.15, -0.1) is 0 Å². The summed E-state index contributed by atoms with van der Waals surface area (Å²) in [6.45, 7) is 3.28. The van der Waals surface area contributed by atoms with E-state index in [4.69, 9.17) is 4.74 Å². The monoisotopic (exact) mass is 502 g/mol. The molecule has 0 unspecified atom stereocenters. The lowest BCUT2D eigenvalue weighted by atomic mass is 10.1. The van der Waals surface area contributed by atoms with Gasteiger partial charge in [-0.05, 0) is 40.5 Å². The predicted molar refractivity (Wildman–Crippen MR) is 122 cm³/mol.